The molecule has 0 radical (unpaired) electrons. The van der Waals surface area contributed by atoms with Crippen LogP contribution in [0.5, 0.6) is 0 Å². The molecule has 4 heteroatoms. The van der Waals surface area contributed by atoms with Crippen LogP contribution in [0.2, 0.25) is 5.02 Å². The SMILES string of the molecule is O=C(O)[C@@H]1C[C@H]1c1ccc(Cl)c(Br)c1. The molecule has 0 unspecified atom stereocenters. The van der Waals surface area contributed by atoms with Crippen molar-refractivity contribution in [2.24, 2.45) is 5.92 Å². The summed E-state index contributed by atoms with van der Waals surface area (Å²) >= 11 is 9.16. The topological polar surface area (TPSA) is 37.3 Å². The third-order valence-electron chi connectivity index (χ3n) is 2.48. The molecular formula is C10H8BrClO2. The number of halogens is 2. The third kappa shape index (κ3) is 1.79. The lowest BCUT2D eigenvalue weighted by Crippen LogP contribution is -1.98. The Kier molecular flexibility index (Phi) is 2.54. The predicted molar refractivity (Wildman–Crippen MR) is 57.6 cm³/mol. The van der Waals surface area contributed by atoms with Crippen molar-refractivity contribution in [1.29, 1.82) is 0 Å². The molecule has 0 aliphatic heterocycles. The van der Waals surface area contributed by atoms with E-state index in [2.05, 4.69) is 15.9 Å². The van der Waals surface area contributed by atoms with E-state index in [1.165, 1.54) is 0 Å². The molecule has 2 nitrogen and oxygen atoms in total. The Balaban J connectivity index is 2.20. The van der Waals surface area contributed by atoms with E-state index in [4.69, 9.17) is 16.7 Å². The third-order valence-corrected chi connectivity index (χ3v) is 3.69. The van der Waals surface area contributed by atoms with Gasteiger partial charge in [-0.25, -0.2) is 0 Å². The Bertz CT molecular complexity index is 392. The van der Waals surface area contributed by atoms with Gasteiger partial charge >= 0.3 is 5.97 Å². The van der Waals surface area contributed by atoms with Crippen LogP contribution in [0.3, 0.4) is 0 Å². The first kappa shape index (κ1) is 9.99. The molecule has 2 rings (SSSR count). The maximum atomic E-state index is 10.7. The molecule has 0 spiro atoms. The highest BCUT2D eigenvalue weighted by Gasteiger charge is 2.44. The second-order valence-electron chi connectivity index (χ2n) is 3.46. The van der Waals surface area contributed by atoms with Gasteiger partial charge in [-0.15, -0.1) is 0 Å². The number of carboxylic acids is 1. The van der Waals surface area contributed by atoms with Crippen LogP contribution in [0.4, 0.5) is 0 Å². The van der Waals surface area contributed by atoms with E-state index in [0.717, 1.165) is 16.5 Å². The molecule has 0 amide bonds. The minimum Gasteiger partial charge on any atom is -0.481 e. The molecule has 0 saturated heterocycles. The zero-order chi connectivity index (χ0) is 10.3. The molecule has 14 heavy (non-hydrogen) atoms. The van der Waals surface area contributed by atoms with E-state index < -0.39 is 5.97 Å². The summed E-state index contributed by atoms with van der Waals surface area (Å²) in [5, 5.41) is 9.43. The standard InChI is InChI=1S/C10H8BrClO2/c11-8-3-5(1-2-9(8)12)6-4-7(6)10(13)14/h1-3,6-7H,4H2,(H,13,14)/t6-,7+/m0/s1. The highest BCUT2D eigenvalue weighted by Crippen LogP contribution is 2.48. The van der Waals surface area contributed by atoms with Gasteiger partial charge in [0, 0.05) is 4.47 Å². The van der Waals surface area contributed by atoms with Crippen molar-refractivity contribution in [3.05, 3.63) is 33.3 Å². The average Bonchev–Trinajstić information content (AvgIpc) is 2.89. The van der Waals surface area contributed by atoms with E-state index in [0.29, 0.717) is 5.02 Å². The van der Waals surface area contributed by atoms with Crippen LogP contribution in [-0.4, -0.2) is 11.1 Å². The number of carbonyl (C=O) groups is 1. The van der Waals surface area contributed by atoms with Crippen molar-refractivity contribution in [3.63, 3.8) is 0 Å². The Morgan fingerprint density at radius 1 is 1.57 bits per heavy atom. The molecule has 0 aromatic heterocycles. The fraction of sp³-hybridized carbons (Fsp3) is 0.300. The lowest BCUT2D eigenvalue weighted by molar-refractivity contribution is -0.138. The van der Waals surface area contributed by atoms with Crippen LogP contribution in [0.25, 0.3) is 0 Å². The van der Waals surface area contributed by atoms with Crippen LogP contribution in [0.1, 0.15) is 17.9 Å². The maximum absolute atomic E-state index is 10.7. The second kappa shape index (κ2) is 3.55. The molecule has 1 aromatic carbocycles. The lowest BCUT2D eigenvalue weighted by Gasteiger charge is -2.01. The van der Waals surface area contributed by atoms with E-state index >= 15 is 0 Å². The van der Waals surface area contributed by atoms with Crippen LogP contribution in [0.15, 0.2) is 22.7 Å². The van der Waals surface area contributed by atoms with Crippen LogP contribution in [0, 0.1) is 5.92 Å². The highest BCUT2D eigenvalue weighted by atomic mass is 79.9. The Morgan fingerprint density at radius 2 is 2.29 bits per heavy atom. The number of hydrogen-bond acceptors (Lipinski definition) is 1. The number of aliphatic carboxylic acids is 1. The summed E-state index contributed by atoms with van der Waals surface area (Å²) in [6.45, 7) is 0. The summed E-state index contributed by atoms with van der Waals surface area (Å²) in [7, 11) is 0. The van der Waals surface area contributed by atoms with E-state index in [9.17, 15) is 4.79 Å². The molecule has 1 aliphatic carbocycles. The fourth-order valence-electron chi connectivity index (χ4n) is 1.58. The molecule has 1 aliphatic rings. The van der Waals surface area contributed by atoms with E-state index in [1.54, 1.807) is 6.07 Å². The van der Waals surface area contributed by atoms with Crippen LogP contribution >= 0.6 is 27.5 Å². The normalized spacial score (nSPS) is 24.7. The first-order chi connectivity index (χ1) is 6.59. The predicted octanol–water partition coefficient (Wildman–Crippen LogP) is 3.29. The van der Waals surface area contributed by atoms with Gasteiger partial charge in [0.2, 0.25) is 0 Å². The molecule has 1 N–H and O–H groups in total. The quantitative estimate of drug-likeness (QED) is 0.899. The smallest absolute Gasteiger partial charge is 0.307 e. The zero-order valence-corrected chi connectivity index (χ0v) is 9.55. The van der Waals surface area contributed by atoms with Crippen molar-refractivity contribution in [2.45, 2.75) is 12.3 Å². The van der Waals surface area contributed by atoms with Gasteiger partial charge < -0.3 is 5.11 Å². The summed E-state index contributed by atoms with van der Waals surface area (Å²) < 4.78 is 0.827. The van der Waals surface area contributed by atoms with Crippen molar-refractivity contribution < 1.29 is 9.90 Å². The zero-order valence-electron chi connectivity index (χ0n) is 7.21. The van der Waals surface area contributed by atoms with Crippen LogP contribution < -0.4 is 0 Å². The highest BCUT2D eigenvalue weighted by molar-refractivity contribution is 9.10. The van der Waals surface area contributed by atoms with Gasteiger partial charge in [-0.2, -0.15) is 0 Å². The summed E-state index contributed by atoms with van der Waals surface area (Å²) in [6.07, 6.45) is 0.739. The molecule has 74 valence electrons. The van der Waals surface area contributed by atoms with Gasteiger partial charge in [-0.3, -0.25) is 4.79 Å². The summed E-state index contributed by atoms with van der Waals surface area (Å²) in [5.74, 6) is -0.745. The first-order valence-corrected chi connectivity index (χ1v) is 5.44. The molecule has 2 atom stereocenters. The monoisotopic (exact) mass is 274 g/mol. The van der Waals surface area contributed by atoms with Gasteiger partial charge in [0.15, 0.2) is 0 Å². The minimum atomic E-state index is -0.707. The molecule has 0 heterocycles. The fourth-order valence-corrected chi connectivity index (χ4v) is 2.09. The van der Waals surface area contributed by atoms with Gasteiger partial charge in [0.25, 0.3) is 0 Å². The number of benzene rings is 1. The summed E-state index contributed by atoms with van der Waals surface area (Å²) in [6, 6.07) is 5.58. The Hall–Kier alpha value is -0.540. The van der Waals surface area contributed by atoms with Crippen molar-refractivity contribution in [1.82, 2.24) is 0 Å². The molecular weight excluding hydrogens is 267 g/mol. The Labute approximate surface area is 95.0 Å². The van der Waals surface area contributed by atoms with E-state index in [1.807, 2.05) is 12.1 Å². The number of hydrogen-bond donors (Lipinski definition) is 1. The van der Waals surface area contributed by atoms with E-state index in [-0.39, 0.29) is 11.8 Å². The molecule has 0 bridgehead atoms. The average molecular weight is 276 g/mol. The number of rotatable bonds is 2. The Morgan fingerprint density at radius 3 is 2.79 bits per heavy atom. The summed E-state index contributed by atoms with van der Waals surface area (Å²) in [4.78, 5) is 10.7. The van der Waals surface area contributed by atoms with Crippen LogP contribution in [-0.2, 0) is 4.79 Å². The van der Waals surface area contributed by atoms with Gasteiger partial charge in [0.05, 0.1) is 10.9 Å². The maximum Gasteiger partial charge on any atom is 0.307 e. The van der Waals surface area contributed by atoms with Gasteiger partial charge in [-0.1, -0.05) is 17.7 Å². The largest absolute Gasteiger partial charge is 0.481 e. The minimum absolute atomic E-state index is 0.168. The molecule has 1 aromatic rings. The molecule has 1 fully saturated rings. The van der Waals surface area contributed by atoms with Crippen molar-refractivity contribution >= 4 is 33.5 Å². The van der Waals surface area contributed by atoms with Gasteiger partial charge in [-0.05, 0) is 46.0 Å². The summed E-state index contributed by atoms with van der Waals surface area (Å²) in [5.41, 5.74) is 1.05. The lowest BCUT2D eigenvalue weighted by atomic mass is 10.1. The van der Waals surface area contributed by atoms with Crippen molar-refractivity contribution in [3.8, 4) is 0 Å². The second-order valence-corrected chi connectivity index (χ2v) is 4.72. The first-order valence-electron chi connectivity index (χ1n) is 4.27. The van der Waals surface area contributed by atoms with Crippen molar-refractivity contribution in [2.75, 3.05) is 0 Å². The number of carboxylic acid groups (broad SMARTS) is 1. The molecule has 1 saturated carbocycles. The van der Waals surface area contributed by atoms with Gasteiger partial charge in [0.1, 0.15) is 0 Å².